The highest BCUT2D eigenvalue weighted by atomic mass is 16.6. The largest absolute Gasteiger partial charge is 0.456 e. The van der Waals surface area contributed by atoms with Crippen molar-refractivity contribution in [3.05, 3.63) is 11.6 Å². The van der Waals surface area contributed by atoms with E-state index < -0.39 is 63.9 Å². The molecule has 7 fully saturated rings. The van der Waals surface area contributed by atoms with Gasteiger partial charge in [-0.05, 0) is 83.5 Å². The summed E-state index contributed by atoms with van der Waals surface area (Å²) in [7, 11) is 0. The molecule has 0 radical (unpaired) electrons. The lowest BCUT2D eigenvalue weighted by Crippen LogP contribution is -2.78. The van der Waals surface area contributed by atoms with E-state index in [1.54, 1.807) is 19.9 Å². The number of aliphatic hydroxyl groups is 5. The van der Waals surface area contributed by atoms with E-state index in [0.717, 1.165) is 19.4 Å². The van der Waals surface area contributed by atoms with Crippen LogP contribution in [0, 0.1) is 40.9 Å². The molecule has 0 unspecified atom stereocenters. The van der Waals surface area contributed by atoms with Gasteiger partial charge in [0.25, 0.3) is 0 Å². The Hall–Kier alpha value is -1.07. The molecular formula is C33H51NO8. The van der Waals surface area contributed by atoms with Gasteiger partial charge in [0.1, 0.15) is 23.4 Å². The molecule has 9 nitrogen and oxygen atoms in total. The normalized spacial score (nSPS) is 58.8. The molecule has 0 aromatic rings. The van der Waals surface area contributed by atoms with Gasteiger partial charge < -0.3 is 35.0 Å². The lowest BCUT2D eigenvalue weighted by atomic mass is 9.44. The van der Waals surface area contributed by atoms with E-state index in [4.69, 9.17) is 9.47 Å². The number of hydrogen-bond donors (Lipinski definition) is 5. The Balaban J connectivity index is 1.26. The monoisotopic (exact) mass is 589 g/mol. The molecule has 236 valence electrons. The van der Waals surface area contributed by atoms with E-state index in [2.05, 4.69) is 18.7 Å². The summed E-state index contributed by atoms with van der Waals surface area (Å²) in [5, 5.41) is 60.5. The van der Waals surface area contributed by atoms with Crippen LogP contribution in [0.5, 0.6) is 0 Å². The summed E-state index contributed by atoms with van der Waals surface area (Å²) < 4.78 is 12.7. The Morgan fingerprint density at radius 3 is 2.45 bits per heavy atom. The van der Waals surface area contributed by atoms with E-state index >= 15 is 0 Å². The van der Waals surface area contributed by atoms with Crippen molar-refractivity contribution in [2.75, 3.05) is 19.7 Å². The fourth-order valence-corrected chi connectivity index (χ4v) is 12.2. The fraction of sp³-hybridized carbons (Fsp3) is 0.909. The molecule has 15 atom stereocenters. The van der Waals surface area contributed by atoms with Crippen molar-refractivity contribution in [3.8, 4) is 0 Å². The summed E-state index contributed by atoms with van der Waals surface area (Å²) in [6, 6.07) is -0.0863. The van der Waals surface area contributed by atoms with Crippen LogP contribution in [-0.2, 0) is 14.3 Å². The number of ether oxygens (including phenoxy) is 2. The molecule has 3 saturated heterocycles. The number of nitrogens with zero attached hydrogens (tertiary/aromatic N) is 1. The summed E-state index contributed by atoms with van der Waals surface area (Å²) in [5.41, 5.74) is -4.93. The fourth-order valence-electron chi connectivity index (χ4n) is 12.2. The van der Waals surface area contributed by atoms with Crippen LogP contribution in [-0.4, -0.2) is 103 Å². The van der Waals surface area contributed by atoms with Crippen LogP contribution >= 0.6 is 0 Å². The summed E-state index contributed by atoms with van der Waals surface area (Å²) in [5.74, 6) is -1.67. The predicted octanol–water partition coefficient (Wildman–Crippen LogP) is 1.77. The molecule has 0 aromatic heterocycles. The van der Waals surface area contributed by atoms with Crippen molar-refractivity contribution in [2.45, 2.75) is 126 Å². The molecule has 1 spiro atoms. The third kappa shape index (κ3) is 3.42. The predicted molar refractivity (Wildman–Crippen MR) is 153 cm³/mol. The van der Waals surface area contributed by atoms with Crippen LogP contribution in [0.4, 0.5) is 0 Å². The Morgan fingerprint density at radius 1 is 1.02 bits per heavy atom. The van der Waals surface area contributed by atoms with Crippen LogP contribution in [0.3, 0.4) is 0 Å². The summed E-state index contributed by atoms with van der Waals surface area (Å²) >= 11 is 0. The molecule has 7 aliphatic rings. The third-order valence-corrected chi connectivity index (χ3v) is 14.2. The second-order valence-corrected chi connectivity index (χ2v) is 15.9. The van der Waals surface area contributed by atoms with Crippen molar-refractivity contribution in [3.63, 3.8) is 0 Å². The van der Waals surface area contributed by atoms with Crippen LogP contribution in [0.1, 0.15) is 79.6 Å². The summed E-state index contributed by atoms with van der Waals surface area (Å²) in [6.45, 7) is 11.3. The van der Waals surface area contributed by atoms with Crippen molar-refractivity contribution in [1.82, 2.24) is 4.90 Å². The zero-order chi connectivity index (χ0) is 30.2. The number of allylic oxidation sites excluding steroid dienone is 1. The average molecular weight is 590 g/mol. The highest BCUT2D eigenvalue weighted by Gasteiger charge is 2.82. The van der Waals surface area contributed by atoms with Crippen molar-refractivity contribution < 1.29 is 39.8 Å². The molecule has 3 aliphatic heterocycles. The molecule has 0 aromatic carbocycles. The van der Waals surface area contributed by atoms with E-state index in [-0.39, 0.29) is 30.4 Å². The van der Waals surface area contributed by atoms with E-state index in [9.17, 15) is 30.3 Å². The van der Waals surface area contributed by atoms with Gasteiger partial charge in [-0.15, -0.1) is 0 Å². The van der Waals surface area contributed by atoms with Crippen molar-refractivity contribution in [2.24, 2.45) is 40.9 Å². The maximum absolute atomic E-state index is 12.7. The minimum absolute atomic E-state index is 0.00440. The number of esters is 1. The third-order valence-electron chi connectivity index (χ3n) is 14.2. The Morgan fingerprint density at radius 2 is 1.74 bits per heavy atom. The zero-order valence-corrected chi connectivity index (χ0v) is 25.8. The number of carbonyl (C=O) groups excluding carboxylic acids is 1. The topological polar surface area (TPSA) is 140 Å². The first kappa shape index (κ1) is 29.6. The molecule has 9 heteroatoms. The standard InChI is InChI=1S/C33H51NO8/c1-6-18(3)28(37)42-24-11-12-29(4)21-8-9-22-32(29,41-16-31(21,24)39)13-20-19-15-34-14-17(2)7-10-23(34)30(5,38)25(19)26(35)27(36)33(20,22)40/h6,17,19-27,35-36,38-40H,7-16H2,1-5H3/b18-6-/t17-,19-,20-,21-,22+,23-,24-,25+,26+,27-,29-,30+,31+,32+,33-/m0/s1. The number of carbonyl (C=O) groups is 1. The van der Waals surface area contributed by atoms with Crippen molar-refractivity contribution in [1.29, 1.82) is 0 Å². The van der Waals surface area contributed by atoms with Crippen LogP contribution in [0.25, 0.3) is 0 Å². The molecule has 4 aliphatic carbocycles. The van der Waals surface area contributed by atoms with E-state index in [1.807, 2.05) is 6.92 Å². The first-order valence-corrected chi connectivity index (χ1v) is 16.4. The number of aliphatic hydroxyl groups excluding tert-OH is 2. The van der Waals surface area contributed by atoms with Gasteiger partial charge in [-0.2, -0.15) is 0 Å². The lowest BCUT2D eigenvalue weighted by molar-refractivity contribution is -0.351. The smallest absolute Gasteiger partial charge is 0.333 e. The van der Waals surface area contributed by atoms with Gasteiger partial charge in [0.2, 0.25) is 0 Å². The quantitative estimate of drug-likeness (QED) is 0.241. The molecular weight excluding hydrogens is 538 g/mol. The number of piperidine rings is 2. The van der Waals surface area contributed by atoms with Gasteiger partial charge in [0.05, 0.1) is 23.9 Å². The molecule has 5 N–H and O–H groups in total. The van der Waals surface area contributed by atoms with Crippen molar-refractivity contribution >= 4 is 5.97 Å². The summed E-state index contributed by atoms with van der Waals surface area (Å²) in [4.78, 5) is 15.1. The molecule has 7 rings (SSSR count). The van der Waals surface area contributed by atoms with Crippen LogP contribution in [0.2, 0.25) is 0 Å². The molecule has 4 saturated carbocycles. The highest BCUT2D eigenvalue weighted by molar-refractivity contribution is 5.87. The number of fused-ring (bicyclic) bond motifs is 5. The Kier molecular flexibility index (Phi) is 6.52. The van der Waals surface area contributed by atoms with Gasteiger partial charge >= 0.3 is 5.97 Å². The van der Waals surface area contributed by atoms with Crippen LogP contribution in [0.15, 0.2) is 11.6 Å². The zero-order valence-electron chi connectivity index (χ0n) is 25.8. The average Bonchev–Trinajstić information content (AvgIpc) is 3.20. The van der Waals surface area contributed by atoms with Gasteiger partial charge in [0.15, 0.2) is 0 Å². The number of rotatable bonds is 2. The molecule has 3 heterocycles. The highest BCUT2D eigenvalue weighted by Crippen LogP contribution is 2.74. The lowest BCUT2D eigenvalue weighted by Gasteiger charge is -2.69. The summed E-state index contributed by atoms with van der Waals surface area (Å²) in [6.07, 6.45) is 3.04. The molecule has 42 heavy (non-hydrogen) atoms. The SMILES string of the molecule is C/C=C(/C)C(=O)O[C@H]1CC[C@@]2(C)[C@@H]3CC[C@H]4[C@]5(O)[C@@H](O)[C@H](O)[C@H]6[C@@H](CN7C[C@@H](C)CC[C@H]7[C@@]6(C)O)[C@@H]5C[C@@]42OC[C@]13O. The maximum Gasteiger partial charge on any atom is 0.333 e. The Bertz CT molecular complexity index is 1170. The van der Waals surface area contributed by atoms with Gasteiger partial charge in [0, 0.05) is 47.9 Å². The minimum atomic E-state index is -1.57. The Labute approximate surface area is 249 Å². The van der Waals surface area contributed by atoms with Gasteiger partial charge in [-0.25, -0.2) is 4.79 Å². The first-order chi connectivity index (χ1) is 19.7. The maximum atomic E-state index is 12.7. The molecule has 4 bridgehead atoms. The van der Waals surface area contributed by atoms with Gasteiger partial charge in [-0.1, -0.05) is 19.9 Å². The number of hydrogen-bond acceptors (Lipinski definition) is 9. The van der Waals surface area contributed by atoms with E-state index in [0.29, 0.717) is 50.1 Å². The van der Waals surface area contributed by atoms with E-state index in [1.165, 1.54) is 0 Å². The minimum Gasteiger partial charge on any atom is -0.456 e. The molecule has 0 amide bonds. The van der Waals surface area contributed by atoms with Crippen LogP contribution < -0.4 is 0 Å². The second kappa shape index (κ2) is 9.24. The van der Waals surface area contributed by atoms with Gasteiger partial charge in [-0.3, -0.25) is 4.90 Å². The first-order valence-electron chi connectivity index (χ1n) is 16.4. The second-order valence-electron chi connectivity index (χ2n) is 15.9.